The Bertz CT molecular complexity index is 1720. The lowest BCUT2D eigenvalue weighted by Gasteiger charge is -2.39. The first kappa shape index (κ1) is 30.4. The first-order valence-electron chi connectivity index (χ1n) is 13.5. The van der Waals surface area contributed by atoms with Gasteiger partial charge in [0.15, 0.2) is 0 Å². The Balaban J connectivity index is 1.59. The number of nitrogens with one attached hydrogen (secondary N) is 2. The van der Waals surface area contributed by atoms with E-state index in [9.17, 15) is 32.7 Å². The van der Waals surface area contributed by atoms with E-state index in [1.54, 1.807) is 26.8 Å². The van der Waals surface area contributed by atoms with Gasteiger partial charge in [0.2, 0.25) is 0 Å². The summed E-state index contributed by atoms with van der Waals surface area (Å²) in [6, 6.07) is 10.1. The molecule has 12 nitrogen and oxygen atoms in total. The van der Waals surface area contributed by atoms with Crippen LogP contribution in [0.4, 0.5) is 5.69 Å². The molecule has 1 aromatic heterocycles. The van der Waals surface area contributed by atoms with E-state index in [0.29, 0.717) is 35.5 Å². The van der Waals surface area contributed by atoms with Gasteiger partial charge in [0.05, 0.1) is 16.2 Å². The predicted molar refractivity (Wildman–Crippen MR) is 154 cm³/mol. The van der Waals surface area contributed by atoms with E-state index in [2.05, 4.69) is 14.7 Å². The molecule has 3 aromatic rings. The lowest BCUT2D eigenvalue weighted by molar-refractivity contribution is -0.151. The molecule has 1 amide bonds. The third-order valence-electron chi connectivity index (χ3n) is 7.60. The molecule has 1 aliphatic rings. The highest BCUT2D eigenvalue weighted by Gasteiger charge is 2.45. The fraction of sp³-hybridized carbons (Fsp3) is 0.345. The molecule has 4 N–H and O–H groups in total. The average molecular weight is 597 g/mol. The number of carbonyl (C=O) groups is 3. The van der Waals surface area contributed by atoms with Gasteiger partial charge in [-0.15, -0.1) is 0 Å². The number of anilines is 1. The Morgan fingerprint density at radius 3 is 2.36 bits per heavy atom. The number of carboxylic acids is 2. The Labute approximate surface area is 242 Å². The van der Waals surface area contributed by atoms with E-state index in [4.69, 9.17) is 5.11 Å². The summed E-state index contributed by atoms with van der Waals surface area (Å²) in [5, 5.41) is 19.1. The van der Waals surface area contributed by atoms with Gasteiger partial charge in [0.25, 0.3) is 21.5 Å². The average Bonchev–Trinajstić information content (AvgIpc) is 2.94. The minimum atomic E-state index is -4.09. The van der Waals surface area contributed by atoms with Crippen LogP contribution in [0, 0.1) is 6.92 Å². The van der Waals surface area contributed by atoms with E-state index < -0.39 is 39.8 Å². The number of hydrogen-bond acceptors (Lipinski definition) is 7. The summed E-state index contributed by atoms with van der Waals surface area (Å²) >= 11 is 0. The van der Waals surface area contributed by atoms with Gasteiger partial charge >= 0.3 is 11.9 Å². The SMILES string of the molecule is CCN(C(=O)c1ccc(NS(=O)(=O)c2ccc3c(c2)-c2c(nc(C)[nH]c2=O)CC3)cc1)[C@@](CC)(CCC(=O)O)C(=O)O. The molecule has 222 valence electrons. The Hall–Kier alpha value is -4.52. The Kier molecular flexibility index (Phi) is 8.53. The number of H-pyrrole nitrogens is 1. The highest BCUT2D eigenvalue weighted by atomic mass is 32.2. The first-order chi connectivity index (χ1) is 19.8. The molecule has 0 saturated heterocycles. The van der Waals surface area contributed by atoms with Crippen molar-refractivity contribution in [3.63, 3.8) is 0 Å². The van der Waals surface area contributed by atoms with Crippen LogP contribution in [-0.4, -0.2) is 63.4 Å². The molecule has 1 aliphatic carbocycles. The fourth-order valence-corrected chi connectivity index (χ4v) is 6.50. The molecule has 0 aliphatic heterocycles. The van der Waals surface area contributed by atoms with Crippen molar-refractivity contribution >= 4 is 33.6 Å². The molecule has 2 aromatic carbocycles. The van der Waals surface area contributed by atoms with Crippen molar-refractivity contribution in [2.75, 3.05) is 11.3 Å². The second kappa shape index (κ2) is 11.8. The number of likely N-dealkylation sites (N-methyl/N-ethyl adjacent to an activating group) is 1. The second-order valence-electron chi connectivity index (χ2n) is 10.1. The molecular formula is C29H32N4O8S. The van der Waals surface area contributed by atoms with Crippen molar-refractivity contribution < 1.29 is 33.0 Å². The Morgan fingerprint density at radius 2 is 1.76 bits per heavy atom. The third kappa shape index (κ3) is 5.77. The van der Waals surface area contributed by atoms with E-state index in [1.165, 1.54) is 36.4 Å². The van der Waals surface area contributed by atoms with Crippen LogP contribution in [0.15, 0.2) is 52.2 Å². The summed E-state index contributed by atoms with van der Waals surface area (Å²) in [7, 11) is -4.09. The largest absolute Gasteiger partial charge is 0.481 e. The normalized spacial score (nSPS) is 13.8. The molecule has 13 heteroatoms. The maximum absolute atomic E-state index is 13.4. The van der Waals surface area contributed by atoms with Crippen molar-refractivity contribution in [1.82, 2.24) is 14.9 Å². The smallest absolute Gasteiger partial charge is 0.329 e. The maximum atomic E-state index is 13.4. The number of rotatable bonds is 11. The summed E-state index contributed by atoms with van der Waals surface area (Å²) in [6.45, 7) is 4.89. The molecule has 0 spiro atoms. The third-order valence-corrected chi connectivity index (χ3v) is 8.98. The van der Waals surface area contributed by atoms with Crippen molar-refractivity contribution in [2.24, 2.45) is 0 Å². The molecule has 0 fully saturated rings. The zero-order valence-electron chi connectivity index (χ0n) is 23.4. The van der Waals surface area contributed by atoms with Gasteiger partial charge in [0, 0.05) is 24.2 Å². The van der Waals surface area contributed by atoms with Gasteiger partial charge in [0.1, 0.15) is 11.4 Å². The van der Waals surface area contributed by atoms with Gasteiger partial charge in [-0.05, 0) is 87.1 Å². The summed E-state index contributed by atoms with van der Waals surface area (Å²) in [5.41, 5.74) is 0.546. The minimum absolute atomic E-state index is 0.000132. The molecule has 4 rings (SSSR count). The van der Waals surface area contributed by atoms with Crippen LogP contribution in [0.1, 0.15) is 60.5 Å². The van der Waals surface area contributed by atoms with Gasteiger partial charge < -0.3 is 20.1 Å². The van der Waals surface area contributed by atoms with E-state index in [1.807, 2.05) is 0 Å². The maximum Gasteiger partial charge on any atom is 0.329 e. The topological polar surface area (TPSA) is 187 Å². The van der Waals surface area contributed by atoms with E-state index in [0.717, 1.165) is 10.5 Å². The predicted octanol–water partition coefficient (Wildman–Crippen LogP) is 3.21. The molecule has 0 bridgehead atoms. The van der Waals surface area contributed by atoms with Gasteiger partial charge in [-0.2, -0.15) is 0 Å². The van der Waals surface area contributed by atoms with E-state index >= 15 is 0 Å². The number of aryl methyl sites for hydroxylation is 3. The number of hydrogen-bond donors (Lipinski definition) is 4. The lowest BCUT2D eigenvalue weighted by Crippen LogP contribution is -2.57. The van der Waals surface area contributed by atoms with E-state index in [-0.39, 0.29) is 41.1 Å². The molecule has 1 heterocycles. The van der Waals surface area contributed by atoms with Gasteiger partial charge in [-0.3, -0.25) is 19.1 Å². The zero-order valence-corrected chi connectivity index (χ0v) is 24.2. The number of benzene rings is 2. The second-order valence-corrected chi connectivity index (χ2v) is 11.8. The van der Waals surface area contributed by atoms with Crippen LogP contribution < -0.4 is 10.3 Å². The van der Waals surface area contributed by atoms with Crippen LogP contribution in [-0.2, 0) is 32.5 Å². The molecule has 1 atom stereocenters. The van der Waals surface area contributed by atoms with Crippen LogP contribution >= 0.6 is 0 Å². The standard InChI is InChI=1S/C29H32N4O8S/c1-4-29(28(38)39,15-14-24(34)35)33(5-2)27(37)19-6-10-20(11-7-19)32-42(40,41)21-12-8-18-9-13-23-25(22(18)16-21)26(36)31-17(3)30-23/h6-8,10-12,16,32H,4-5,9,13-15H2,1-3H3,(H,34,35)(H,38,39)(H,30,31,36)/t29-/m0/s1. The quantitative estimate of drug-likeness (QED) is 0.258. The Morgan fingerprint density at radius 1 is 1.07 bits per heavy atom. The number of sulfonamides is 1. The molecular weight excluding hydrogens is 564 g/mol. The monoisotopic (exact) mass is 596 g/mol. The number of aliphatic carboxylic acids is 2. The first-order valence-corrected chi connectivity index (χ1v) is 14.9. The van der Waals surface area contributed by atoms with Gasteiger partial charge in [-0.25, -0.2) is 18.2 Å². The zero-order chi connectivity index (χ0) is 30.8. The van der Waals surface area contributed by atoms with Gasteiger partial charge in [-0.1, -0.05) is 13.0 Å². The van der Waals surface area contributed by atoms with Crippen LogP contribution in [0.2, 0.25) is 0 Å². The summed E-state index contributed by atoms with van der Waals surface area (Å²) in [5.74, 6) is -2.61. The number of carboxylic acid groups (broad SMARTS) is 2. The fourth-order valence-electron chi connectivity index (χ4n) is 5.41. The van der Waals surface area contributed by atoms with Crippen molar-refractivity contribution in [3.05, 3.63) is 75.5 Å². The summed E-state index contributed by atoms with van der Waals surface area (Å²) in [6.07, 6.45) is 0.499. The van der Waals surface area contributed by atoms with Crippen LogP contribution in [0.5, 0.6) is 0 Å². The minimum Gasteiger partial charge on any atom is -0.481 e. The summed E-state index contributed by atoms with van der Waals surface area (Å²) in [4.78, 5) is 57.7. The van der Waals surface area contributed by atoms with Crippen molar-refractivity contribution in [1.29, 1.82) is 0 Å². The number of carbonyl (C=O) groups excluding carboxylic acids is 1. The van der Waals surface area contributed by atoms with Crippen molar-refractivity contribution in [3.8, 4) is 11.1 Å². The summed E-state index contributed by atoms with van der Waals surface area (Å²) < 4.78 is 29.0. The highest BCUT2D eigenvalue weighted by molar-refractivity contribution is 7.92. The number of fused-ring (bicyclic) bond motifs is 3. The number of aromatic amines is 1. The number of amides is 1. The molecule has 42 heavy (non-hydrogen) atoms. The number of aromatic nitrogens is 2. The molecule has 0 radical (unpaired) electrons. The number of nitrogens with zero attached hydrogens (tertiary/aromatic N) is 2. The van der Waals surface area contributed by atoms with Crippen LogP contribution in [0.3, 0.4) is 0 Å². The van der Waals surface area contributed by atoms with Crippen LogP contribution in [0.25, 0.3) is 11.1 Å². The molecule has 0 saturated carbocycles. The van der Waals surface area contributed by atoms with Crippen molar-refractivity contribution in [2.45, 2.75) is 63.3 Å². The molecule has 0 unspecified atom stereocenters. The lowest BCUT2D eigenvalue weighted by atomic mass is 9.87. The highest BCUT2D eigenvalue weighted by Crippen LogP contribution is 2.33.